The van der Waals surface area contributed by atoms with Gasteiger partial charge in [-0.2, -0.15) is 15.0 Å². The van der Waals surface area contributed by atoms with E-state index in [1.54, 1.807) is 28.9 Å². The Labute approximate surface area is 122 Å². The maximum Gasteiger partial charge on any atom is 0.240 e. The lowest BCUT2D eigenvalue weighted by Crippen LogP contribution is -2.09. The predicted octanol–water partition coefficient (Wildman–Crippen LogP) is 2.52. The number of nitrogens with one attached hydrogen (secondary N) is 1. The van der Waals surface area contributed by atoms with Crippen LogP contribution in [0.3, 0.4) is 0 Å². The average Bonchev–Trinajstić information content (AvgIpc) is 3.11. The number of anilines is 1. The summed E-state index contributed by atoms with van der Waals surface area (Å²) in [5, 5.41) is 4.60. The highest BCUT2D eigenvalue weighted by Crippen LogP contribution is 2.33. The summed E-state index contributed by atoms with van der Waals surface area (Å²) in [5.74, 6) is 1.25. The fourth-order valence-corrected chi connectivity index (χ4v) is 3.42. The largest absolute Gasteiger partial charge is 0.354 e. The molecule has 0 aromatic carbocycles. The van der Waals surface area contributed by atoms with Gasteiger partial charge in [0.15, 0.2) is 5.16 Å². The summed E-state index contributed by atoms with van der Waals surface area (Å²) < 4.78 is 1.81. The Hall–Kier alpha value is -1.63. The second-order valence-corrected chi connectivity index (χ2v) is 6.03. The molecule has 1 saturated carbocycles. The van der Waals surface area contributed by atoms with Crippen molar-refractivity contribution in [3.63, 3.8) is 0 Å². The zero-order chi connectivity index (χ0) is 13.8. The van der Waals surface area contributed by atoms with Gasteiger partial charge in [-0.1, -0.05) is 24.6 Å². The van der Waals surface area contributed by atoms with Crippen LogP contribution in [0.25, 0.3) is 5.95 Å². The lowest BCUT2D eigenvalue weighted by molar-refractivity contribution is 0.814. The summed E-state index contributed by atoms with van der Waals surface area (Å²) in [6.07, 6.45) is 10.4. The van der Waals surface area contributed by atoms with E-state index in [4.69, 9.17) is 0 Å². The van der Waals surface area contributed by atoms with Gasteiger partial charge < -0.3 is 5.32 Å². The van der Waals surface area contributed by atoms with Crippen LogP contribution in [0.4, 0.5) is 5.95 Å². The van der Waals surface area contributed by atoms with Gasteiger partial charge in [-0.25, -0.2) is 4.98 Å². The molecule has 1 N–H and O–H groups in total. The number of imidazole rings is 1. The molecule has 0 unspecified atom stereocenters. The highest BCUT2D eigenvalue weighted by atomic mass is 32.2. The molecule has 0 radical (unpaired) electrons. The molecule has 1 fully saturated rings. The summed E-state index contributed by atoms with van der Waals surface area (Å²) in [6, 6.07) is 0. The van der Waals surface area contributed by atoms with Crippen LogP contribution >= 0.6 is 11.8 Å². The van der Waals surface area contributed by atoms with Gasteiger partial charge in [0.2, 0.25) is 11.9 Å². The second-order valence-electron chi connectivity index (χ2n) is 4.77. The molecular formula is C13H18N6S. The number of thioether (sulfide) groups is 1. The first kappa shape index (κ1) is 13.4. The van der Waals surface area contributed by atoms with E-state index in [2.05, 4.69) is 25.3 Å². The maximum atomic E-state index is 4.55. The molecule has 1 aliphatic carbocycles. The Kier molecular flexibility index (Phi) is 4.15. The fourth-order valence-electron chi connectivity index (χ4n) is 2.28. The van der Waals surface area contributed by atoms with E-state index in [-0.39, 0.29) is 0 Å². The third-order valence-electron chi connectivity index (χ3n) is 3.25. The van der Waals surface area contributed by atoms with E-state index in [1.165, 1.54) is 25.7 Å². The van der Waals surface area contributed by atoms with Crippen LogP contribution in [0.5, 0.6) is 0 Å². The summed E-state index contributed by atoms with van der Waals surface area (Å²) in [4.78, 5) is 17.5. The minimum absolute atomic E-state index is 0.619. The summed E-state index contributed by atoms with van der Waals surface area (Å²) in [6.45, 7) is 2.82. The van der Waals surface area contributed by atoms with Crippen LogP contribution in [0.15, 0.2) is 23.9 Å². The average molecular weight is 290 g/mol. The molecular weight excluding hydrogens is 272 g/mol. The van der Waals surface area contributed by atoms with Gasteiger partial charge in [-0.05, 0) is 19.8 Å². The summed E-state index contributed by atoms with van der Waals surface area (Å²) >= 11 is 1.77. The molecule has 0 amide bonds. The molecule has 2 aromatic heterocycles. The first-order valence-electron chi connectivity index (χ1n) is 7.00. The minimum Gasteiger partial charge on any atom is -0.354 e. The van der Waals surface area contributed by atoms with Gasteiger partial charge in [0.1, 0.15) is 6.33 Å². The van der Waals surface area contributed by atoms with Crippen molar-refractivity contribution in [1.82, 2.24) is 24.5 Å². The van der Waals surface area contributed by atoms with Gasteiger partial charge in [0.05, 0.1) is 0 Å². The van der Waals surface area contributed by atoms with Crippen molar-refractivity contribution < 1.29 is 0 Å². The first-order chi connectivity index (χ1) is 9.85. The Bertz CT molecular complexity index is 550. The van der Waals surface area contributed by atoms with E-state index in [1.807, 2.05) is 13.1 Å². The van der Waals surface area contributed by atoms with Crippen molar-refractivity contribution in [3.8, 4) is 5.95 Å². The molecule has 0 atom stereocenters. The minimum atomic E-state index is 0.619. The normalized spacial score (nSPS) is 15.7. The molecule has 0 aliphatic heterocycles. The second kappa shape index (κ2) is 6.21. The van der Waals surface area contributed by atoms with Crippen molar-refractivity contribution in [2.75, 3.05) is 11.9 Å². The number of nitrogens with zero attached hydrogens (tertiary/aromatic N) is 5. The number of rotatable bonds is 5. The lowest BCUT2D eigenvalue weighted by atomic mass is 10.4. The van der Waals surface area contributed by atoms with Crippen molar-refractivity contribution in [3.05, 3.63) is 18.7 Å². The summed E-state index contributed by atoms with van der Waals surface area (Å²) in [7, 11) is 0. The highest BCUT2D eigenvalue weighted by molar-refractivity contribution is 7.99. The highest BCUT2D eigenvalue weighted by Gasteiger charge is 2.19. The van der Waals surface area contributed by atoms with E-state index in [9.17, 15) is 0 Å². The van der Waals surface area contributed by atoms with Gasteiger partial charge in [-0.3, -0.25) is 4.57 Å². The van der Waals surface area contributed by atoms with Crippen molar-refractivity contribution in [2.24, 2.45) is 0 Å². The molecule has 6 nitrogen and oxygen atoms in total. The Morgan fingerprint density at radius 2 is 2.15 bits per heavy atom. The van der Waals surface area contributed by atoms with Crippen LogP contribution in [0.1, 0.15) is 32.6 Å². The Morgan fingerprint density at radius 1 is 1.30 bits per heavy atom. The Morgan fingerprint density at radius 3 is 2.85 bits per heavy atom. The Balaban J connectivity index is 1.87. The molecule has 20 heavy (non-hydrogen) atoms. The van der Waals surface area contributed by atoms with E-state index < -0.39 is 0 Å². The number of aromatic nitrogens is 5. The van der Waals surface area contributed by atoms with Crippen LogP contribution in [0.2, 0.25) is 0 Å². The molecule has 7 heteroatoms. The monoisotopic (exact) mass is 290 g/mol. The first-order valence-corrected chi connectivity index (χ1v) is 7.88. The van der Waals surface area contributed by atoms with Crippen molar-refractivity contribution in [2.45, 2.75) is 43.0 Å². The van der Waals surface area contributed by atoms with E-state index in [0.717, 1.165) is 11.7 Å². The fraction of sp³-hybridized carbons (Fsp3) is 0.538. The standard InChI is InChI=1S/C13H18N6S/c1-2-15-11-16-12(19-8-7-14-9-19)18-13(17-11)20-10-5-3-4-6-10/h7-10H,2-6H2,1H3,(H,15,16,17,18). The van der Waals surface area contributed by atoms with E-state index >= 15 is 0 Å². The number of hydrogen-bond acceptors (Lipinski definition) is 6. The van der Waals surface area contributed by atoms with Crippen LogP contribution in [0, 0.1) is 0 Å². The van der Waals surface area contributed by atoms with Crippen molar-refractivity contribution >= 4 is 17.7 Å². The molecule has 1 aliphatic rings. The predicted molar refractivity (Wildman–Crippen MR) is 79.2 cm³/mol. The van der Waals surface area contributed by atoms with Crippen LogP contribution in [-0.2, 0) is 0 Å². The molecule has 2 aromatic rings. The number of hydrogen-bond donors (Lipinski definition) is 1. The zero-order valence-electron chi connectivity index (χ0n) is 11.5. The quantitative estimate of drug-likeness (QED) is 0.912. The molecule has 106 valence electrons. The zero-order valence-corrected chi connectivity index (χ0v) is 12.3. The topological polar surface area (TPSA) is 68.5 Å². The third kappa shape index (κ3) is 3.09. The molecule has 2 heterocycles. The van der Waals surface area contributed by atoms with Crippen molar-refractivity contribution in [1.29, 1.82) is 0 Å². The molecule has 3 rings (SSSR count). The lowest BCUT2D eigenvalue weighted by Gasteiger charge is -2.10. The third-order valence-corrected chi connectivity index (χ3v) is 4.45. The van der Waals surface area contributed by atoms with E-state index in [0.29, 0.717) is 17.1 Å². The SMILES string of the molecule is CCNc1nc(SC2CCCC2)nc(-n2ccnc2)n1. The summed E-state index contributed by atoms with van der Waals surface area (Å²) in [5.41, 5.74) is 0. The molecule has 0 bridgehead atoms. The van der Waals surface area contributed by atoms with Gasteiger partial charge in [0, 0.05) is 24.2 Å². The maximum absolute atomic E-state index is 4.55. The van der Waals surface area contributed by atoms with Gasteiger partial charge >= 0.3 is 0 Å². The van der Waals surface area contributed by atoms with Crippen LogP contribution < -0.4 is 5.32 Å². The smallest absolute Gasteiger partial charge is 0.240 e. The van der Waals surface area contributed by atoms with Gasteiger partial charge in [0.25, 0.3) is 0 Å². The molecule has 0 saturated heterocycles. The molecule has 0 spiro atoms. The van der Waals surface area contributed by atoms with Crippen LogP contribution in [-0.4, -0.2) is 36.3 Å². The van der Waals surface area contributed by atoms with Gasteiger partial charge in [-0.15, -0.1) is 0 Å².